The molecule has 0 radical (unpaired) electrons. The summed E-state index contributed by atoms with van der Waals surface area (Å²) in [5.41, 5.74) is 0.311. The van der Waals surface area contributed by atoms with Crippen LogP contribution in [0.5, 0.6) is 5.75 Å². The van der Waals surface area contributed by atoms with Gasteiger partial charge in [-0.25, -0.2) is 9.69 Å². The molecule has 1 N–H and O–H groups in total. The lowest BCUT2D eigenvalue weighted by Gasteiger charge is -2.21. The minimum Gasteiger partial charge on any atom is -0.480 e. The normalized spacial score (nSPS) is 15.9. The highest BCUT2D eigenvalue weighted by Gasteiger charge is 2.27. The lowest BCUT2D eigenvalue weighted by molar-refractivity contribution is -0.139. The Hall–Kier alpha value is -2.37. The van der Waals surface area contributed by atoms with E-state index in [1.54, 1.807) is 24.3 Å². The highest BCUT2D eigenvalue weighted by atomic mass is 16.5. The van der Waals surface area contributed by atoms with Gasteiger partial charge >= 0.3 is 5.97 Å². The van der Waals surface area contributed by atoms with Crippen LogP contribution in [-0.2, 0) is 14.4 Å². The predicted octanol–water partition coefficient (Wildman–Crippen LogP) is 1.58. The van der Waals surface area contributed by atoms with Crippen molar-refractivity contribution in [1.29, 1.82) is 0 Å². The largest absolute Gasteiger partial charge is 0.480 e. The number of carboxylic acids is 1. The Morgan fingerprint density at radius 2 is 1.75 bits per heavy atom. The molecular weight excluding hydrogens is 262 g/mol. The van der Waals surface area contributed by atoms with Gasteiger partial charge in [0.1, 0.15) is 5.75 Å². The van der Waals surface area contributed by atoms with Crippen LogP contribution in [0, 0.1) is 0 Å². The third kappa shape index (κ3) is 3.14. The minimum absolute atomic E-state index is 0.221. The standard InChI is InChI=1S/C14H15NO5/c16-12-7-3-4-8-13(17)15(12)10-5-1-2-6-11(10)20-9-14(18)19/h1-2,5-6H,3-4,7-9H2,(H,18,19). The van der Waals surface area contributed by atoms with E-state index in [2.05, 4.69) is 0 Å². The van der Waals surface area contributed by atoms with Crippen LogP contribution < -0.4 is 9.64 Å². The summed E-state index contributed by atoms with van der Waals surface area (Å²) in [4.78, 5) is 35.8. The van der Waals surface area contributed by atoms with Crippen molar-refractivity contribution in [2.75, 3.05) is 11.5 Å². The first kappa shape index (κ1) is 14.0. The first-order chi connectivity index (χ1) is 9.59. The Balaban J connectivity index is 2.32. The third-order valence-corrected chi connectivity index (χ3v) is 2.99. The fraction of sp³-hybridized carbons (Fsp3) is 0.357. The first-order valence-corrected chi connectivity index (χ1v) is 6.39. The smallest absolute Gasteiger partial charge is 0.341 e. The number of aliphatic carboxylic acids is 1. The number of imide groups is 1. The van der Waals surface area contributed by atoms with Crippen molar-refractivity contribution in [1.82, 2.24) is 0 Å². The molecule has 1 aliphatic rings. The molecule has 0 saturated carbocycles. The van der Waals surface area contributed by atoms with Crippen molar-refractivity contribution in [2.45, 2.75) is 25.7 Å². The van der Waals surface area contributed by atoms with E-state index in [1.165, 1.54) is 0 Å². The van der Waals surface area contributed by atoms with E-state index in [9.17, 15) is 14.4 Å². The molecule has 2 amide bonds. The van der Waals surface area contributed by atoms with Crippen molar-refractivity contribution < 1.29 is 24.2 Å². The van der Waals surface area contributed by atoms with Gasteiger partial charge in [0.2, 0.25) is 11.8 Å². The maximum atomic E-state index is 12.0. The fourth-order valence-corrected chi connectivity index (χ4v) is 2.09. The molecule has 1 heterocycles. The Bertz CT molecular complexity index is 522. The van der Waals surface area contributed by atoms with Crippen molar-refractivity contribution in [3.8, 4) is 5.75 Å². The lowest BCUT2D eigenvalue weighted by atomic mass is 10.2. The molecule has 0 aliphatic carbocycles. The fourth-order valence-electron chi connectivity index (χ4n) is 2.09. The maximum Gasteiger partial charge on any atom is 0.341 e. The Kier molecular flexibility index (Phi) is 4.34. The summed E-state index contributed by atoms with van der Waals surface area (Å²) in [7, 11) is 0. The number of hydrogen-bond donors (Lipinski definition) is 1. The number of carboxylic acid groups (broad SMARTS) is 1. The maximum absolute atomic E-state index is 12.0. The summed E-state index contributed by atoms with van der Waals surface area (Å²) < 4.78 is 5.14. The van der Waals surface area contributed by atoms with Gasteiger partial charge in [-0.1, -0.05) is 12.1 Å². The van der Waals surface area contributed by atoms with Crippen LogP contribution in [0.15, 0.2) is 24.3 Å². The Morgan fingerprint density at radius 3 is 2.35 bits per heavy atom. The molecule has 0 spiro atoms. The summed E-state index contributed by atoms with van der Waals surface area (Å²) >= 11 is 0. The zero-order valence-electron chi connectivity index (χ0n) is 10.9. The number of anilines is 1. The van der Waals surface area contributed by atoms with Gasteiger partial charge in [-0.05, 0) is 25.0 Å². The number of carbonyl (C=O) groups is 3. The second-order valence-corrected chi connectivity index (χ2v) is 4.48. The van der Waals surface area contributed by atoms with Crippen LogP contribution in [0.1, 0.15) is 25.7 Å². The van der Waals surface area contributed by atoms with Crippen molar-refractivity contribution in [3.63, 3.8) is 0 Å². The van der Waals surface area contributed by atoms with Gasteiger partial charge in [0.15, 0.2) is 6.61 Å². The number of nitrogens with zero attached hydrogens (tertiary/aromatic N) is 1. The van der Waals surface area contributed by atoms with Gasteiger partial charge in [-0.15, -0.1) is 0 Å². The minimum atomic E-state index is -1.12. The van der Waals surface area contributed by atoms with Crippen LogP contribution in [-0.4, -0.2) is 29.5 Å². The average Bonchev–Trinajstić information content (AvgIpc) is 2.58. The molecule has 106 valence electrons. The second kappa shape index (κ2) is 6.18. The number of benzene rings is 1. The topological polar surface area (TPSA) is 83.9 Å². The highest BCUT2D eigenvalue weighted by molar-refractivity contribution is 6.16. The van der Waals surface area contributed by atoms with E-state index < -0.39 is 12.6 Å². The van der Waals surface area contributed by atoms with Crippen molar-refractivity contribution >= 4 is 23.5 Å². The zero-order valence-corrected chi connectivity index (χ0v) is 10.9. The number of amides is 2. The SMILES string of the molecule is O=C(O)COc1ccccc1N1C(=O)CCCCC1=O. The molecule has 1 aliphatic heterocycles. The van der Waals surface area contributed by atoms with Crippen LogP contribution >= 0.6 is 0 Å². The molecule has 1 aromatic carbocycles. The summed E-state index contributed by atoms with van der Waals surface area (Å²) in [5.74, 6) is -1.45. The van der Waals surface area contributed by atoms with Gasteiger partial charge in [-0.3, -0.25) is 9.59 Å². The first-order valence-electron chi connectivity index (χ1n) is 6.39. The molecule has 0 unspecified atom stereocenters. The quantitative estimate of drug-likeness (QED) is 0.845. The van der Waals surface area contributed by atoms with Crippen LogP contribution in [0.2, 0.25) is 0 Å². The van der Waals surface area contributed by atoms with E-state index >= 15 is 0 Å². The molecule has 0 aromatic heterocycles. The molecule has 2 rings (SSSR count). The Labute approximate surface area is 115 Å². The molecule has 1 saturated heterocycles. The van der Waals surface area contributed by atoms with Crippen LogP contribution in [0.25, 0.3) is 0 Å². The zero-order chi connectivity index (χ0) is 14.5. The molecule has 1 aromatic rings. The van der Waals surface area contributed by atoms with Gasteiger partial charge in [-0.2, -0.15) is 0 Å². The lowest BCUT2D eigenvalue weighted by Crippen LogP contribution is -2.35. The van der Waals surface area contributed by atoms with Gasteiger partial charge < -0.3 is 9.84 Å². The van der Waals surface area contributed by atoms with Gasteiger partial charge in [0.05, 0.1) is 5.69 Å². The molecule has 6 heteroatoms. The number of rotatable bonds is 4. The van der Waals surface area contributed by atoms with Crippen molar-refractivity contribution in [3.05, 3.63) is 24.3 Å². The number of hydrogen-bond acceptors (Lipinski definition) is 4. The summed E-state index contributed by atoms with van der Waals surface area (Å²) in [5, 5.41) is 8.65. The van der Waals surface area contributed by atoms with Crippen LogP contribution in [0.3, 0.4) is 0 Å². The number of carbonyl (C=O) groups excluding carboxylic acids is 2. The average molecular weight is 277 g/mol. The summed E-state index contributed by atoms with van der Waals surface area (Å²) in [6.07, 6.45) is 1.97. The van der Waals surface area contributed by atoms with E-state index in [-0.39, 0.29) is 17.6 Å². The summed E-state index contributed by atoms with van der Waals surface area (Å²) in [6, 6.07) is 6.46. The van der Waals surface area contributed by atoms with Gasteiger partial charge in [0, 0.05) is 12.8 Å². The summed E-state index contributed by atoms with van der Waals surface area (Å²) in [6.45, 7) is -0.521. The van der Waals surface area contributed by atoms with E-state index in [1.807, 2.05) is 0 Å². The highest BCUT2D eigenvalue weighted by Crippen LogP contribution is 2.30. The Morgan fingerprint density at radius 1 is 1.15 bits per heavy atom. The van der Waals surface area contributed by atoms with E-state index in [0.717, 1.165) is 4.90 Å². The molecule has 20 heavy (non-hydrogen) atoms. The molecule has 0 bridgehead atoms. The molecule has 1 fully saturated rings. The second-order valence-electron chi connectivity index (χ2n) is 4.48. The van der Waals surface area contributed by atoms with Crippen molar-refractivity contribution in [2.24, 2.45) is 0 Å². The third-order valence-electron chi connectivity index (χ3n) is 2.99. The number of ether oxygens (including phenoxy) is 1. The number of para-hydroxylation sites is 2. The van der Waals surface area contributed by atoms with Crippen LogP contribution in [0.4, 0.5) is 5.69 Å². The van der Waals surface area contributed by atoms with E-state index in [0.29, 0.717) is 31.4 Å². The molecule has 6 nitrogen and oxygen atoms in total. The monoisotopic (exact) mass is 277 g/mol. The van der Waals surface area contributed by atoms with Gasteiger partial charge in [0.25, 0.3) is 0 Å². The predicted molar refractivity (Wildman–Crippen MR) is 70.5 cm³/mol. The molecular formula is C14H15NO5. The molecule has 0 atom stereocenters. The van der Waals surface area contributed by atoms with E-state index in [4.69, 9.17) is 9.84 Å².